The van der Waals surface area contributed by atoms with Crippen molar-refractivity contribution in [3.63, 3.8) is 0 Å². The lowest BCUT2D eigenvalue weighted by Gasteiger charge is -2.08. The summed E-state index contributed by atoms with van der Waals surface area (Å²) in [5.41, 5.74) is 7.68. The van der Waals surface area contributed by atoms with Gasteiger partial charge < -0.3 is 4.40 Å². The van der Waals surface area contributed by atoms with Gasteiger partial charge in [-0.1, -0.05) is 29.8 Å². The van der Waals surface area contributed by atoms with Crippen molar-refractivity contribution < 1.29 is 0 Å². The van der Waals surface area contributed by atoms with E-state index in [0.29, 0.717) is 5.65 Å². The molecule has 4 heteroatoms. The summed E-state index contributed by atoms with van der Waals surface area (Å²) in [4.78, 5) is 17.6. The van der Waals surface area contributed by atoms with E-state index in [-0.39, 0.29) is 5.56 Å². The predicted molar refractivity (Wildman–Crippen MR) is 105 cm³/mol. The fraction of sp³-hybridized carbons (Fsp3) is 0.182. The molecule has 0 aliphatic carbocycles. The third-order valence-corrected chi connectivity index (χ3v) is 4.66. The van der Waals surface area contributed by atoms with Gasteiger partial charge in [0.25, 0.3) is 5.56 Å². The van der Waals surface area contributed by atoms with Crippen LogP contribution < -0.4 is 5.56 Å². The zero-order valence-corrected chi connectivity index (χ0v) is 15.4. The van der Waals surface area contributed by atoms with Gasteiger partial charge in [0.15, 0.2) is 0 Å². The van der Waals surface area contributed by atoms with Crippen LogP contribution in [0.1, 0.15) is 22.3 Å². The first kappa shape index (κ1) is 16.3. The maximum atomic E-state index is 13.0. The Balaban J connectivity index is 1.90. The number of benzene rings is 2. The molecule has 0 unspecified atom stereocenters. The highest BCUT2D eigenvalue weighted by atomic mass is 16.1. The molecule has 0 spiro atoms. The summed E-state index contributed by atoms with van der Waals surface area (Å²) in [6, 6.07) is 12.4. The smallest absolute Gasteiger partial charge is 0.298 e. The summed E-state index contributed by atoms with van der Waals surface area (Å²) in [6.45, 7) is 8.21. The molecule has 0 bridgehead atoms. The number of fused-ring (bicyclic) bond motifs is 1. The van der Waals surface area contributed by atoms with Crippen molar-refractivity contribution >= 4 is 5.65 Å². The average molecular weight is 343 g/mol. The van der Waals surface area contributed by atoms with Crippen LogP contribution >= 0.6 is 0 Å². The van der Waals surface area contributed by atoms with Crippen LogP contribution in [-0.2, 0) is 0 Å². The lowest BCUT2D eigenvalue weighted by atomic mass is 10.0. The van der Waals surface area contributed by atoms with E-state index in [1.165, 1.54) is 5.56 Å². The molecular formula is C22H21N3O. The van der Waals surface area contributed by atoms with E-state index in [9.17, 15) is 4.79 Å². The highest BCUT2D eigenvalue weighted by molar-refractivity contribution is 5.66. The highest BCUT2D eigenvalue weighted by Crippen LogP contribution is 2.23. The molecule has 4 aromatic rings. The van der Waals surface area contributed by atoms with E-state index in [0.717, 1.165) is 33.6 Å². The van der Waals surface area contributed by atoms with Crippen molar-refractivity contribution in [1.82, 2.24) is 14.0 Å². The molecule has 0 amide bonds. The maximum absolute atomic E-state index is 13.0. The Bertz CT molecular complexity index is 1180. The number of imidazole rings is 1. The molecule has 0 aliphatic heterocycles. The largest absolute Gasteiger partial charge is 0.300 e. The van der Waals surface area contributed by atoms with Crippen molar-refractivity contribution in [3.8, 4) is 16.9 Å². The molecule has 0 saturated carbocycles. The van der Waals surface area contributed by atoms with Crippen LogP contribution in [0.3, 0.4) is 0 Å². The standard InChI is InChI=1S/C22H21N3O/c1-14-5-6-19(17(4)10-14)20-13-24-7-8-25(22(26)21(24)23-20)18-11-15(2)9-16(3)12-18/h5-13H,1-4H3. The average Bonchev–Trinajstić information content (AvgIpc) is 2.99. The van der Waals surface area contributed by atoms with Crippen molar-refractivity contribution in [2.45, 2.75) is 27.7 Å². The van der Waals surface area contributed by atoms with Gasteiger partial charge in [0, 0.05) is 29.8 Å². The van der Waals surface area contributed by atoms with Crippen LogP contribution in [0.5, 0.6) is 0 Å². The molecule has 0 fully saturated rings. The minimum atomic E-state index is -0.117. The summed E-state index contributed by atoms with van der Waals surface area (Å²) in [5.74, 6) is 0. The Morgan fingerprint density at radius 3 is 2.27 bits per heavy atom. The Labute approximate surface area is 152 Å². The van der Waals surface area contributed by atoms with Crippen LogP contribution in [0.15, 0.2) is 59.8 Å². The van der Waals surface area contributed by atoms with Gasteiger partial charge in [0.1, 0.15) is 0 Å². The van der Waals surface area contributed by atoms with E-state index >= 15 is 0 Å². The van der Waals surface area contributed by atoms with E-state index in [2.05, 4.69) is 43.1 Å². The molecule has 130 valence electrons. The summed E-state index contributed by atoms with van der Waals surface area (Å²) in [5, 5.41) is 0. The van der Waals surface area contributed by atoms with Gasteiger partial charge in [-0.25, -0.2) is 4.98 Å². The molecule has 0 N–H and O–H groups in total. The Hall–Kier alpha value is -3.14. The summed E-state index contributed by atoms with van der Waals surface area (Å²) >= 11 is 0. The first-order valence-corrected chi connectivity index (χ1v) is 8.69. The number of nitrogens with zero attached hydrogens (tertiary/aromatic N) is 3. The molecule has 0 radical (unpaired) electrons. The molecule has 0 saturated heterocycles. The number of rotatable bonds is 2. The third-order valence-electron chi connectivity index (χ3n) is 4.66. The quantitative estimate of drug-likeness (QED) is 0.542. The normalized spacial score (nSPS) is 11.2. The molecule has 26 heavy (non-hydrogen) atoms. The van der Waals surface area contributed by atoms with Crippen LogP contribution in [0.4, 0.5) is 0 Å². The van der Waals surface area contributed by atoms with Gasteiger partial charge in [0.05, 0.1) is 5.69 Å². The van der Waals surface area contributed by atoms with E-state index in [1.807, 2.05) is 38.4 Å². The second-order valence-corrected chi connectivity index (χ2v) is 6.99. The zero-order valence-electron chi connectivity index (χ0n) is 15.4. The third kappa shape index (κ3) is 2.73. The fourth-order valence-electron chi connectivity index (χ4n) is 3.50. The molecular weight excluding hydrogens is 322 g/mol. The number of aromatic nitrogens is 3. The molecule has 0 atom stereocenters. The lowest BCUT2D eigenvalue weighted by Crippen LogP contribution is -2.20. The Morgan fingerprint density at radius 2 is 1.58 bits per heavy atom. The first-order chi connectivity index (χ1) is 12.4. The second-order valence-electron chi connectivity index (χ2n) is 6.99. The Morgan fingerprint density at radius 1 is 0.846 bits per heavy atom. The van der Waals surface area contributed by atoms with Gasteiger partial charge in [0.2, 0.25) is 5.65 Å². The van der Waals surface area contributed by atoms with Crippen molar-refractivity contribution in [2.75, 3.05) is 0 Å². The molecule has 2 aromatic carbocycles. The summed E-state index contributed by atoms with van der Waals surface area (Å²) < 4.78 is 3.46. The van der Waals surface area contributed by atoms with Crippen LogP contribution in [0.2, 0.25) is 0 Å². The lowest BCUT2D eigenvalue weighted by molar-refractivity contribution is 0.946. The van der Waals surface area contributed by atoms with Crippen molar-refractivity contribution in [1.29, 1.82) is 0 Å². The minimum absolute atomic E-state index is 0.117. The van der Waals surface area contributed by atoms with Crippen LogP contribution in [-0.4, -0.2) is 14.0 Å². The Kier molecular flexibility index (Phi) is 3.76. The SMILES string of the molecule is Cc1cc(C)cc(-n2ccn3cc(-c4ccc(C)cc4C)nc3c2=O)c1. The number of hydrogen-bond acceptors (Lipinski definition) is 2. The van der Waals surface area contributed by atoms with Gasteiger partial charge in [-0.05, 0) is 56.5 Å². The van der Waals surface area contributed by atoms with E-state index in [4.69, 9.17) is 0 Å². The van der Waals surface area contributed by atoms with E-state index < -0.39 is 0 Å². The van der Waals surface area contributed by atoms with Crippen LogP contribution in [0.25, 0.3) is 22.6 Å². The molecule has 2 aromatic heterocycles. The first-order valence-electron chi connectivity index (χ1n) is 8.69. The van der Waals surface area contributed by atoms with E-state index in [1.54, 1.807) is 15.2 Å². The zero-order chi connectivity index (χ0) is 18.4. The summed E-state index contributed by atoms with van der Waals surface area (Å²) in [7, 11) is 0. The van der Waals surface area contributed by atoms with Crippen LogP contribution in [0, 0.1) is 27.7 Å². The van der Waals surface area contributed by atoms with Crippen molar-refractivity contribution in [2.24, 2.45) is 0 Å². The molecule has 4 rings (SSSR count). The summed E-state index contributed by atoms with van der Waals surface area (Å²) in [6.07, 6.45) is 5.60. The van der Waals surface area contributed by atoms with Gasteiger partial charge in [-0.2, -0.15) is 0 Å². The minimum Gasteiger partial charge on any atom is -0.300 e. The monoisotopic (exact) mass is 343 g/mol. The second kappa shape index (κ2) is 5.99. The highest BCUT2D eigenvalue weighted by Gasteiger charge is 2.12. The van der Waals surface area contributed by atoms with Gasteiger partial charge in [-0.3, -0.25) is 9.36 Å². The maximum Gasteiger partial charge on any atom is 0.298 e. The molecule has 0 aliphatic rings. The number of aryl methyl sites for hydroxylation is 4. The van der Waals surface area contributed by atoms with Gasteiger partial charge in [-0.15, -0.1) is 0 Å². The predicted octanol–water partition coefficient (Wildman–Crippen LogP) is 4.39. The van der Waals surface area contributed by atoms with Gasteiger partial charge >= 0.3 is 0 Å². The molecule has 2 heterocycles. The topological polar surface area (TPSA) is 39.3 Å². The fourth-order valence-corrected chi connectivity index (χ4v) is 3.50. The van der Waals surface area contributed by atoms with Crippen molar-refractivity contribution in [3.05, 3.63) is 87.6 Å². The molecule has 4 nitrogen and oxygen atoms in total. The number of hydrogen-bond donors (Lipinski definition) is 0.